The van der Waals surface area contributed by atoms with Gasteiger partial charge in [-0.3, -0.25) is 19.3 Å². The first-order chi connectivity index (χ1) is 17.0. The van der Waals surface area contributed by atoms with Crippen LogP contribution >= 0.6 is 0 Å². The molecule has 35 heavy (non-hydrogen) atoms. The Morgan fingerprint density at radius 3 is 2.51 bits per heavy atom. The molecule has 9 heteroatoms. The maximum absolute atomic E-state index is 13.1. The van der Waals surface area contributed by atoms with E-state index < -0.39 is 0 Å². The Balaban J connectivity index is 1.43. The molecule has 0 saturated carbocycles. The van der Waals surface area contributed by atoms with Gasteiger partial charge in [0.05, 0.1) is 32.6 Å². The molecule has 0 spiro atoms. The Kier molecular flexibility index (Phi) is 8.10. The van der Waals surface area contributed by atoms with Crippen LogP contribution in [-0.4, -0.2) is 69.2 Å². The monoisotopic (exact) mass is 477 g/mol. The molecular weight excluding hydrogens is 446 g/mol. The lowest BCUT2D eigenvalue weighted by Gasteiger charge is -2.24. The molecule has 0 radical (unpaired) electrons. The summed E-state index contributed by atoms with van der Waals surface area (Å²) < 4.78 is 13.1. The van der Waals surface area contributed by atoms with Crippen molar-refractivity contribution in [3.63, 3.8) is 0 Å². The third kappa shape index (κ3) is 6.89. The quantitative estimate of drug-likeness (QED) is 0.470. The summed E-state index contributed by atoms with van der Waals surface area (Å²) in [5.41, 5.74) is 2.98. The van der Waals surface area contributed by atoms with Crippen molar-refractivity contribution in [2.75, 3.05) is 26.7 Å². The molecule has 1 aliphatic rings. The van der Waals surface area contributed by atoms with E-state index in [2.05, 4.69) is 10.1 Å². The molecule has 2 amide bonds. The molecule has 9 nitrogen and oxygen atoms in total. The summed E-state index contributed by atoms with van der Waals surface area (Å²) in [7, 11) is 3.47. The number of hydrogen-bond donors (Lipinski definition) is 0. The van der Waals surface area contributed by atoms with Crippen molar-refractivity contribution in [2.45, 2.75) is 32.1 Å². The number of amides is 2. The molecule has 184 valence electrons. The van der Waals surface area contributed by atoms with Crippen LogP contribution in [0, 0.1) is 0 Å². The Morgan fingerprint density at radius 2 is 1.83 bits per heavy atom. The Morgan fingerprint density at radius 1 is 1.06 bits per heavy atom. The topological polar surface area (TPSA) is 89.8 Å². The first-order valence-corrected chi connectivity index (χ1v) is 11.7. The van der Waals surface area contributed by atoms with E-state index in [1.165, 1.54) is 0 Å². The van der Waals surface area contributed by atoms with Gasteiger partial charge in [0.1, 0.15) is 5.75 Å². The predicted octanol–water partition coefficient (Wildman–Crippen LogP) is 2.21. The van der Waals surface area contributed by atoms with Gasteiger partial charge in [-0.05, 0) is 41.8 Å². The van der Waals surface area contributed by atoms with E-state index in [1.54, 1.807) is 40.2 Å². The second-order valence-corrected chi connectivity index (χ2v) is 8.71. The van der Waals surface area contributed by atoms with Gasteiger partial charge in [-0.2, -0.15) is 5.10 Å². The van der Waals surface area contributed by atoms with Gasteiger partial charge in [-0.25, -0.2) is 0 Å². The van der Waals surface area contributed by atoms with Gasteiger partial charge in [-0.15, -0.1) is 0 Å². The largest absolute Gasteiger partial charge is 0.497 e. The van der Waals surface area contributed by atoms with Gasteiger partial charge < -0.3 is 19.3 Å². The standard InChI is InChI=1S/C26H31N5O4/c1-29-14-22(13-28-29)15-30-16-24(35-19-21-9-11-27-12-10-21)17-31(18-26(30)33)25(32)8-5-20-3-6-23(34-2)7-4-20/h3-4,6-7,9-14,24H,5,8,15-19H2,1-2H3/t24-/m1/s1. The maximum atomic E-state index is 13.1. The van der Waals surface area contributed by atoms with Crippen molar-refractivity contribution in [1.82, 2.24) is 24.6 Å². The van der Waals surface area contributed by atoms with Crippen LogP contribution in [0.4, 0.5) is 0 Å². The zero-order valence-corrected chi connectivity index (χ0v) is 20.2. The highest BCUT2D eigenvalue weighted by Crippen LogP contribution is 2.17. The van der Waals surface area contributed by atoms with Crippen LogP contribution in [0.25, 0.3) is 0 Å². The van der Waals surface area contributed by atoms with Crippen LogP contribution in [0.2, 0.25) is 0 Å². The highest BCUT2D eigenvalue weighted by atomic mass is 16.5. The predicted molar refractivity (Wildman–Crippen MR) is 129 cm³/mol. The molecule has 1 atom stereocenters. The normalized spacial score (nSPS) is 16.3. The minimum atomic E-state index is -0.309. The Labute approximate surface area is 205 Å². The third-order valence-electron chi connectivity index (χ3n) is 6.03. The molecule has 3 heterocycles. The van der Waals surface area contributed by atoms with Crippen LogP contribution in [0.15, 0.2) is 61.2 Å². The first-order valence-electron chi connectivity index (χ1n) is 11.7. The molecule has 1 aliphatic heterocycles. The molecule has 0 N–H and O–H groups in total. The number of benzene rings is 1. The van der Waals surface area contributed by atoms with Crippen LogP contribution in [0.1, 0.15) is 23.1 Å². The number of aromatic nitrogens is 3. The van der Waals surface area contributed by atoms with E-state index in [4.69, 9.17) is 9.47 Å². The molecule has 3 aromatic rings. The molecule has 4 rings (SSSR count). The maximum Gasteiger partial charge on any atom is 0.242 e. The third-order valence-corrected chi connectivity index (χ3v) is 6.03. The van der Waals surface area contributed by atoms with Gasteiger partial charge in [0.15, 0.2) is 0 Å². The fourth-order valence-corrected chi connectivity index (χ4v) is 4.10. The van der Waals surface area contributed by atoms with Crippen LogP contribution < -0.4 is 4.74 Å². The van der Waals surface area contributed by atoms with Gasteiger partial charge in [0, 0.05) is 57.3 Å². The number of carbonyl (C=O) groups excluding carboxylic acids is 2. The second kappa shape index (κ2) is 11.6. The molecule has 0 aliphatic carbocycles. The van der Waals surface area contributed by atoms with E-state index >= 15 is 0 Å². The summed E-state index contributed by atoms with van der Waals surface area (Å²) in [6, 6.07) is 11.5. The molecule has 1 aromatic carbocycles. The number of carbonyl (C=O) groups is 2. The zero-order chi connectivity index (χ0) is 24.6. The van der Waals surface area contributed by atoms with Crippen molar-refractivity contribution in [3.05, 3.63) is 77.9 Å². The average molecular weight is 478 g/mol. The summed E-state index contributed by atoms with van der Waals surface area (Å²) >= 11 is 0. The molecule has 2 aromatic heterocycles. The number of rotatable bonds is 9. The number of pyridine rings is 1. The first kappa shape index (κ1) is 24.4. The summed E-state index contributed by atoms with van der Waals surface area (Å²) in [4.78, 5) is 33.7. The van der Waals surface area contributed by atoms with Crippen LogP contribution in [0.3, 0.4) is 0 Å². The molecule has 0 bridgehead atoms. The fourth-order valence-electron chi connectivity index (χ4n) is 4.10. The minimum absolute atomic E-state index is 0.0385. The Hall–Kier alpha value is -3.72. The van der Waals surface area contributed by atoms with E-state index in [-0.39, 0.29) is 24.5 Å². The van der Waals surface area contributed by atoms with E-state index in [0.29, 0.717) is 39.1 Å². The van der Waals surface area contributed by atoms with Crippen molar-refractivity contribution < 1.29 is 19.1 Å². The minimum Gasteiger partial charge on any atom is -0.497 e. The van der Waals surface area contributed by atoms with Crippen LogP contribution in [-0.2, 0) is 40.9 Å². The van der Waals surface area contributed by atoms with Gasteiger partial charge in [0.25, 0.3) is 0 Å². The van der Waals surface area contributed by atoms with Crippen molar-refractivity contribution in [1.29, 1.82) is 0 Å². The number of aryl methyl sites for hydroxylation is 2. The van der Waals surface area contributed by atoms with Crippen molar-refractivity contribution >= 4 is 11.8 Å². The highest BCUT2D eigenvalue weighted by molar-refractivity contribution is 5.85. The summed E-state index contributed by atoms with van der Waals surface area (Å²) in [6.07, 6.45) is 7.69. The van der Waals surface area contributed by atoms with Crippen molar-refractivity contribution in [3.8, 4) is 5.75 Å². The van der Waals surface area contributed by atoms with Gasteiger partial charge >= 0.3 is 0 Å². The van der Waals surface area contributed by atoms with Gasteiger partial charge in [-0.1, -0.05) is 12.1 Å². The number of ether oxygens (including phenoxy) is 2. The van der Waals surface area contributed by atoms with Crippen molar-refractivity contribution in [2.24, 2.45) is 7.05 Å². The summed E-state index contributed by atoms with van der Waals surface area (Å²) in [5.74, 6) is 0.623. The summed E-state index contributed by atoms with van der Waals surface area (Å²) in [6.45, 7) is 1.62. The zero-order valence-electron chi connectivity index (χ0n) is 20.2. The molecule has 0 unspecified atom stereocenters. The lowest BCUT2D eigenvalue weighted by molar-refractivity contribution is -0.139. The lowest BCUT2D eigenvalue weighted by Crippen LogP contribution is -2.39. The second-order valence-electron chi connectivity index (χ2n) is 8.71. The van der Waals surface area contributed by atoms with E-state index in [0.717, 1.165) is 22.4 Å². The van der Waals surface area contributed by atoms with Gasteiger partial charge in [0.2, 0.25) is 11.8 Å². The average Bonchev–Trinajstić information content (AvgIpc) is 3.22. The molecule has 1 saturated heterocycles. The lowest BCUT2D eigenvalue weighted by atomic mass is 10.1. The van der Waals surface area contributed by atoms with E-state index in [9.17, 15) is 9.59 Å². The van der Waals surface area contributed by atoms with Crippen LogP contribution in [0.5, 0.6) is 5.75 Å². The molecule has 1 fully saturated rings. The number of hydrogen-bond acceptors (Lipinski definition) is 6. The SMILES string of the molecule is COc1ccc(CCC(=O)N2CC(=O)N(Cc3cnn(C)c3)C[C@@H](OCc3ccncc3)C2)cc1. The van der Waals surface area contributed by atoms with E-state index in [1.807, 2.05) is 49.6 Å². The molecular formula is C26H31N5O4. The Bertz CT molecular complexity index is 1120. The number of methoxy groups -OCH3 is 1. The highest BCUT2D eigenvalue weighted by Gasteiger charge is 2.31. The summed E-state index contributed by atoms with van der Waals surface area (Å²) in [5, 5.41) is 4.20. The number of nitrogens with zero attached hydrogens (tertiary/aromatic N) is 5. The smallest absolute Gasteiger partial charge is 0.242 e. The fraction of sp³-hybridized carbons (Fsp3) is 0.385.